The number of furan rings is 1. The second-order valence-corrected chi connectivity index (χ2v) is 7.43. The van der Waals surface area contributed by atoms with E-state index in [-0.39, 0.29) is 0 Å². The van der Waals surface area contributed by atoms with Gasteiger partial charge >= 0.3 is 0 Å². The van der Waals surface area contributed by atoms with Gasteiger partial charge in [0, 0.05) is 42.8 Å². The number of hydrogen-bond donors (Lipinski definition) is 2. The summed E-state index contributed by atoms with van der Waals surface area (Å²) >= 11 is 1.69. The summed E-state index contributed by atoms with van der Waals surface area (Å²) in [5, 5.41) is 17.4. The predicted octanol–water partition coefficient (Wildman–Crippen LogP) is 2.82. The lowest BCUT2D eigenvalue weighted by molar-refractivity contribution is 0.0513. The van der Waals surface area contributed by atoms with E-state index < -0.39 is 5.60 Å². The van der Waals surface area contributed by atoms with Crippen molar-refractivity contribution in [2.45, 2.75) is 45.3 Å². The van der Waals surface area contributed by atoms with E-state index in [1.165, 1.54) is 0 Å². The number of anilines is 1. The summed E-state index contributed by atoms with van der Waals surface area (Å²) in [6.07, 6.45) is 3.99. The Kier molecular flexibility index (Phi) is 4.75. The summed E-state index contributed by atoms with van der Waals surface area (Å²) in [5.41, 5.74) is -0.0309. The van der Waals surface area contributed by atoms with Crippen LogP contribution in [0.4, 0.5) is 5.13 Å². The number of nitrogens with zero attached hydrogens (tertiary/aromatic N) is 2. The minimum absolute atomic E-state index is 0.436. The van der Waals surface area contributed by atoms with Crippen LogP contribution in [0.5, 0.6) is 0 Å². The predicted molar refractivity (Wildman–Crippen MR) is 93.1 cm³/mol. The van der Waals surface area contributed by atoms with Gasteiger partial charge in [-0.1, -0.05) is 0 Å². The van der Waals surface area contributed by atoms with Crippen LogP contribution in [-0.4, -0.2) is 35.8 Å². The quantitative estimate of drug-likeness (QED) is 0.880. The highest BCUT2D eigenvalue weighted by Gasteiger charge is 2.29. The highest BCUT2D eigenvalue weighted by Crippen LogP contribution is 2.27. The monoisotopic (exact) mass is 335 g/mol. The van der Waals surface area contributed by atoms with Gasteiger partial charge in [0.25, 0.3) is 0 Å². The maximum atomic E-state index is 10.8. The first kappa shape index (κ1) is 16.5. The molecule has 2 N–H and O–H groups in total. The molecule has 23 heavy (non-hydrogen) atoms. The first-order valence-electron chi connectivity index (χ1n) is 8.13. The Morgan fingerprint density at radius 1 is 1.43 bits per heavy atom. The third-order valence-electron chi connectivity index (χ3n) is 4.54. The molecule has 0 saturated carbocycles. The summed E-state index contributed by atoms with van der Waals surface area (Å²) in [6, 6.07) is 2.37. The van der Waals surface area contributed by atoms with Crippen LogP contribution in [-0.2, 0) is 5.60 Å². The molecule has 0 aliphatic carbocycles. The minimum atomic E-state index is -0.908. The Hall–Kier alpha value is -1.37. The van der Waals surface area contributed by atoms with Crippen LogP contribution in [0.25, 0.3) is 0 Å². The van der Waals surface area contributed by atoms with Crippen LogP contribution in [0, 0.1) is 13.8 Å². The number of rotatable bonds is 5. The number of aliphatic hydroxyl groups is 1. The molecule has 1 atom stereocenters. The van der Waals surface area contributed by atoms with Crippen LogP contribution in [0.1, 0.15) is 36.8 Å². The normalized spacial score (nSPS) is 19.0. The van der Waals surface area contributed by atoms with Crippen LogP contribution in [0.15, 0.2) is 22.1 Å². The van der Waals surface area contributed by atoms with Crippen molar-refractivity contribution in [2.24, 2.45) is 0 Å². The molecule has 1 fully saturated rings. The Bertz CT molecular complexity index is 628. The zero-order valence-electron chi connectivity index (χ0n) is 14.0. The van der Waals surface area contributed by atoms with Crippen molar-refractivity contribution in [3.63, 3.8) is 0 Å². The standard InChI is InChI=1S/C17H25N3O2S/c1-12-10-15(13(2)22-12)17(3,21)11-19-14-4-7-20(8-5-14)16-18-6-9-23-16/h6,9-10,14,19,21H,4-5,7-8,11H2,1-3H3/t17-/m0/s1. The van der Waals surface area contributed by atoms with Gasteiger partial charge < -0.3 is 19.7 Å². The molecule has 126 valence electrons. The van der Waals surface area contributed by atoms with Crippen LogP contribution in [0.3, 0.4) is 0 Å². The second-order valence-electron chi connectivity index (χ2n) is 6.56. The van der Waals surface area contributed by atoms with E-state index in [2.05, 4.69) is 15.2 Å². The van der Waals surface area contributed by atoms with Gasteiger partial charge in [0.15, 0.2) is 5.13 Å². The van der Waals surface area contributed by atoms with Crippen molar-refractivity contribution in [2.75, 3.05) is 24.5 Å². The van der Waals surface area contributed by atoms with Gasteiger partial charge in [-0.3, -0.25) is 0 Å². The fourth-order valence-electron chi connectivity index (χ4n) is 3.25. The molecule has 3 heterocycles. The van der Waals surface area contributed by atoms with Gasteiger partial charge in [-0.2, -0.15) is 0 Å². The lowest BCUT2D eigenvalue weighted by atomic mass is 9.95. The lowest BCUT2D eigenvalue weighted by Crippen LogP contribution is -2.46. The average Bonchev–Trinajstić information content (AvgIpc) is 3.16. The molecule has 0 unspecified atom stereocenters. The fraction of sp³-hybridized carbons (Fsp3) is 0.588. The molecule has 1 aliphatic heterocycles. The molecule has 5 nitrogen and oxygen atoms in total. The van der Waals surface area contributed by atoms with E-state index in [9.17, 15) is 5.11 Å². The average molecular weight is 335 g/mol. The highest BCUT2D eigenvalue weighted by atomic mass is 32.1. The van der Waals surface area contributed by atoms with E-state index in [1.807, 2.05) is 38.4 Å². The summed E-state index contributed by atoms with van der Waals surface area (Å²) in [6.45, 7) is 8.22. The SMILES string of the molecule is Cc1cc([C@@](C)(O)CNC2CCN(c3nccs3)CC2)c(C)o1. The van der Waals surface area contributed by atoms with E-state index in [0.29, 0.717) is 12.6 Å². The van der Waals surface area contributed by atoms with E-state index in [1.54, 1.807) is 11.3 Å². The summed E-state index contributed by atoms with van der Waals surface area (Å²) in [4.78, 5) is 6.71. The van der Waals surface area contributed by atoms with Crippen molar-refractivity contribution < 1.29 is 9.52 Å². The molecule has 0 aromatic carbocycles. The maximum absolute atomic E-state index is 10.8. The highest BCUT2D eigenvalue weighted by molar-refractivity contribution is 7.13. The molecule has 0 spiro atoms. The van der Waals surface area contributed by atoms with Gasteiger partial charge in [-0.25, -0.2) is 4.98 Å². The third kappa shape index (κ3) is 3.76. The Balaban J connectivity index is 1.52. The number of hydrogen-bond acceptors (Lipinski definition) is 6. The number of aromatic nitrogens is 1. The fourth-order valence-corrected chi connectivity index (χ4v) is 3.95. The van der Waals surface area contributed by atoms with Crippen LogP contribution >= 0.6 is 11.3 Å². The van der Waals surface area contributed by atoms with E-state index >= 15 is 0 Å². The summed E-state index contributed by atoms with van der Waals surface area (Å²) < 4.78 is 5.55. The van der Waals surface area contributed by atoms with E-state index in [0.717, 1.165) is 48.1 Å². The first-order chi connectivity index (χ1) is 11.0. The van der Waals surface area contributed by atoms with Gasteiger partial charge in [0.05, 0.1) is 0 Å². The van der Waals surface area contributed by atoms with Crippen LogP contribution < -0.4 is 10.2 Å². The molecule has 2 aromatic heterocycles. The van der Waals surface area contributed by atoms with Crippen molar-refractivity contribution >= 4 is 16.5 Å². The number of piperidine rings is 1. The zero-order chi connectivity index (χ0) is 16.4. The molecule has 0 amide bonds. The Labute approximate surface area is 141 Å². The molecule has 1 aliphatic rings. The smallest absolute Gasteiger partial charge is 0.185 e. The Morgan fingerprint density at radius 3 is 2.74 bits per heavy atom. The summed E-state index contributed by atoms with van der Waals surface area (Å²) in [5.74, 6) is 1.64. The molecule has 3 rings (SSSR count). The van der Waals surface area contributed by atoms with Gasteiger partial charge in [-0.15, -0.1) is 11.3 Å². The summed E-state index contributed by atoms with van der Waals surface area (Å²) in [7, 11) is 0. The second kappa shape index (κ2) is 6.63. The minimum Gasteiger partial charge on any atom is -0.466 e. The number of aryl methyl sites for hydroxylation is 2. The van der Waals surface area contributed by atoms with Gasteiger partial charge in [0.1, 0.15) is 17.1 Å². The number of nitrogens with one attached hydrogen (secondary N) is 1. The van der Waals surface area contributed by atoms with Crippen molar-refractivity contribution in [3.05, 3.63) is 34.7 Å². The Morgan fingerprint density at radius 2 is 2.17 bits per heavy atom. The molecule has 6 heteroatoms. The molecule has 0 radical (unpaired) electrons. The molecule has 1 saturated heterocycles. The maximum Gasteiger partial charge on any atom is 0.185 e. The van der Waals surface area contributed by atoms with E-state index in [4.69, 9.17) is 4.42 Å². The van der Waals surface area contributed by atoms with Crippen molar-refractivity contribution in [1.82, 2.24) is 10.3 Å². The topological polar surface area (TPSA) is 61.5 Å². The van der Waals surface area contributed by atoms with Crippen LogP contribution in [0.2, 0.25) is 0 Å². The van der Waals surface area contributed by atoms with Crippen molar-refractivity contribution in [1.29, 1.82) is 0 Å². The molecular weight excluding hydrogens is 310 g/mol. The zero-order valence-corrected chi connectivity index (χ0v) is 14.8. The number of thiazole rings is 1. The molecule has 2 aromatic rings. The third-order valence-corrected chi connectivity index (χ3v) is 5.37. The molecule has 0 bridgehead atoms. The lowest BCUT2D eigenvalue weighted by Gasteiger charge is -2.34. The van der Waals surface area contributed by atoms with Gasteiger partial charge in [-0.05, 0) is 39.7 Å². The van der Waals surface area contributed by atoms with Gasteiger partial charge in [0.2, 0.25) is 0 Å². The largest absolute Gasteiger partial charge is 0.466 e. The first-order valence-corrected chi connectivity index (χ1v) is 9.01. The molecular formula is C17H25N3O2S. The van der Waals surface area contributed by atoms with Crippen molar-refractivity contribution in [3.8, 4) is 0 Å².